The first kappa shape index (κ1) is 21.2. The Balaban J connectivity index is 1.73. The van der Waals surface area contributed by atoms with Crippen LogP contribution in [0.4, 0.5) is 0 Å². The minimum atomic E-state index is -0.301. The molecule has 9 nitrogen and oxygen atoms in total. The van der Waals surface area contributed by atoms with Crippen molar-refractivity contribution in [2.75, 3.05) is 0 Å². The van der Waals surface area contributed by atoms with Gasteiger partial charge in [0.25, 0.3) is 5.91 Å². The van der Waals surface area contributed by atoms with Gasteiger partial charge < -0.3 is 5.32 Å². The first-order valence-corrected chi connectivity index (χ1v) is 10.5. The number of benzene rings is 1. The van der Waals surface area contributed by atoms with Crippen molar-refractivity contribution in [1.29, 1.82) is 0 Å². The monoisotopic (exact) mass is 428 g/mol. The molecule has 162 valence electrons. The summed E-state index contributed by atoms with van der Waals surface area (Å²) in [6.07, 6.45) is 8.28. The summed E-state index contributed by atoms with van der Waals surface area (Å²) in [5.41, 5.74) is 4.50. The molecule has 0 fully saturated rings. The SMILES string of the molecule is CCCc1nnnn1-c1cc(C(=O)NC(C)c2cnccn2)cc(-c2ccc(C)cn2)c1. The largest absolute Gasteiger partial charge is 0.344 e. The summed E-state index contributed by atoms with van der Waals surface area (Å²) in [7, 11) is 0. The zero-order valence-corrected chi connectivity index (χ0v) is 18.2. The van der Waals surface area contributed by atoms with Crippen LogP contribution in [0.1, 0.15) is 53.7 Å². The average molecular weight is 429 g/mol. The van der Waals surface area contributed by atoms with Crippen LogP contribution < -0.4 is 5.32 Å². The lowest BCUT2D eigenvalue weighted by Crippen LogP contribution is -2.27. The number of aryl methyl sites for hydroxylation is 2. The van der Waals surface area contributed by atoms with Gasteiger partial charge in [-0.1, -0.05) is 13.0 Å². The van der Waals surface area contributed by atoms with Gasteiger partial charge in [0.05, 0.1) is 29.3 Å². The predicted octanol–water partition coefficient (Wildman–Crippen LogP) is 3.27. The van der Waals surface area contributed by atoms with Crippen molar-refractivity contribution in [2.24, 2.45) is 0 Å². The first-order chi connectivity index (χ1) is 15.5. The minimum absolute atomic E-state index is 0.233. The second-order valence-electron chi connectivity index (χ2n) is 7.57. The van der Waals surface area contributed by atoms with Crippen LogP contribution in [0.2, 0.25) is 0 Å². The summed E-state index contributed by atoms with van der Waals surface area (Å²) < 4.78 is 1.67. The number of pyridine rings is 1. The highest BCUT2D eigenvalue weighted by Gasteiger charge is 2.17. The van der Waals surface area contributed by atoms with E-state index in [9.17, 15) is 4.79 Å². The Bertz CT molecular complexity index is 1200. The Hall–Kier alpha value is -4.01. The lowest BCUT2D eigenvalue weighted by Gasteiger charge is -2.15. The highest BCUT2D eigenvalue weighted by molar-refractivity contribution is 5.96. The van der Waals surface area contributed by atoms with Crippen molar-refractivity contribution in [3.8, 4) is 16.9 Å². The molecule has 3 aromatic heterocycles. The lowest BCUT2D eigenvalue weighted by atomic mass is 10.0. The maximum atomic E-state index is 13.2. The molecule has 4 rings (SSSR count). The van der Waals surface area contributed by atoms with Gasteiger partial charge in [0.15, 0.2) is 5.82 Å². The minimum Gasteiger partial charge on any atom is -0.344 e. The number of tetrazole rings is 1. The third kappa shape index (κ3) is 4.66. The van der Waals surface area contributed by atoms with Gasteiger partial charge in [-0.15, -0.1) is 5.10 Å². The lowest BCUT2D eigenvalue weighted by molar-refractivity contribution is 0.0939. The predicted molar refractivity (Wildman–Crippen MR) is 119 cm³/mol. The molecule has 0 radical (unpaired) electrons. The molecule has 0 bridgehead atoms. The number of carbonyl (C=O) groups is 1. The van der Waals surface area contributed by atoms with E-state index >= 15 is 0 Å². The molecule has 32 heavy (non-hydrogen) atoms. The third-order valence-electron chi connectivity index (χ3n) is 5.01. The second-order valence-corrected chi connectivity index (χ2v) is 7.57. The molecular weight excluding hydrogens is 404 g/mol. The number of nitrogens with zero attached hydrogens (tertiary/aromatic N) is 7. The van der Waals surface area contributed by atoms with E-state index in [2.05, 4.69) is 42.7 Å². The van der Waals surface area contributed by atoms with E-state index < -0.39 is 0 Å². The van der Waals surface area contributed by atoms with Gasteiger partial charge in [0.2, 0.25) is 0 Å². The summed E-state index contributed by atoms with van der Waals surface area (Å²) in [6, 6.07) is 9.17. The van der Waals surface area contributed by atoms with Gasteiger partial charge >= 0.3 is 0 Å². The Morgan fingerprint density at radius 3 is 2.72 bits per heavy atom. The normalized spacial score (nSPS) is 11.8. The fourth-order valence-electron chi connectivity index (χ4n) is 3.32. The number of hydrogen-bond donors (Lipinski definition) is 1. The number of rotatable bonds is 7. The van der Waals surface area contributed by atoms with Gasteiger partial charge in [0, 0.05) is 36.1 Å². The van der Waals surface area contributed by atoms with E-state index in [0.29, 0.717) is 16.9 Å². The van der Waals surface area contributed by atoms with Gasteiger partial charge in [-0.3, -0.25) is 19.7 Å². The zero-order chi connectivity index (χ0) is 22.5. The van der Waals surface area contributed by atoms with Crippen LogP contribution in [0, 0.1) is 6.92 Å². The van der Waals surface area contributed by atoms with Crippen LogP contribution in [0.25, 0.3) is 16.9 Å². The smallest absolute Gasteiger partial charge is 0.251 e. The Morgan fingerprint density at radius 2 is 2.00 bits per heavy atom. The molecule has 1 N–H and O–H groups in total. The van der Waals surface area contributed by atoms with E-state index in [1.54, 1.807) is 35.5 Å². The fraction of sp³-hybridized carbons (Fsp3) is 0.261. The molecule has 0 aliphatic carbocycles. The summed E-state index contributed by atoms with van der Waals surface area (Å²) in [6.45, 7) is 5.92. The van der Waals surface area contributed by atoms with Crippen LogP contribution in [-0.4, -0.2) is 41.1 Å². The molecule has 1 amide bonds. The molecule has 1 aromatic carbocycles. The van der Waals surface area contributed by atoms with Crippen molar-refractivity contribution >= 4 is 5.91 Å². The van der Waals surface area contributed by atoms with Gasteiger partial charge in [-0.05, 0) is 60.5 Å². The quantitative estimate of drug-likeness (QED) is 0.481. The Kier molecular flexibility index (Phi) is 6.25. The molecule has 0 saturated carbocycles. The summed E-state index contributed by atoms with van der Waals surface area (Å²) >= 11 is 0. The average Bonchev–Trinajstić information content (AvgIpc) is 3.28. The van der Waals surface area contributed by atoms with Crippen LogP contribution in [0.5, 0.6) is 0 Å². The van der Waals surface area contributed by atoms with E-state index in [1.165, 1.54) is 0 Å². The molecule has 1 atom stereocenters. The molecule has 9 heteroatoms. The number of aromatic nitrogens is 7. The number of hydrogen-bond acceptors (Lipinski definition) is 7. The van der Waals surface area contributed by atoms with Crippen molar-refractivity contribution in [1.82, 2.24) is 40.5 Å². The van der Waals surface area contributed by atoms with E-state index in [-0.39, 0.29) is 11.9 Å². The van der Waals surface area contributed by atoms with Gasteiger partial charge in [-0.25, -0.2) is 0 Å². The summed E-state index contributed by atoms with van der Waals surface area (Å²) in [5.74, 6) is 0.504. The van der Waals surface area contributed by atoms with Crippen LogP contribution >= 0.6 is 0 Å². The van der Waals surface area contributed by atoms with E-state index in [1.807, 2.05) is 38.1 Å². The maximum absolute atomic E-state index is 13.2. The van der Waals surface area contributed by atoms with Crippen molar-refractivity contribution in [2.45, 2.75) is 39.7 Å². The van der Waals surface area contributed by atoms with Crippen molar-refractivity contribution in [3.05, 3.63) is 77.8 Å². The molecule has 0 spiro atoms. The zero-order valence-electron chi connectivity index (χ0n) is 18.2. The molecule has 4 aromatic rings. The third-order valence-corrected chi connectivity index (χ3v) is 5.01. The summed E-state index contributed by atoms with van der Waals surface area (Å²) in [5, 5.41) is 15.1. The van der Waals surface area contributed by atoms with Crippen LogP contribution in [0.15, 0.2) is 55.1 Å². The maximum Gasteiger partial charge on any atom is 0.251 e. The number of carbonyl (C=O) groups excluding carboxylic acids is 1. The standard InChI is InChI=1S/C23H24N8O/c1-4-5-22-28-29-30-31(22)19-11-17(20-7-6-15(2)13-26-20)10-18(12-19)23(32)27-16(3)21-14-24-8-9-25-21/h6-14,16H,4-5H2,1-3H3,(H,27,32). The molecule has 3 heterocycles. The highest BCUT2D eigenvalue weighted by atomic mass is 16.1. The second kappa shape index (κ2) is 9.42. The molecule has 0 saturated heterocycles. The van der Waals surface area contributed by atoms with E-state index in [0.717, 1.165) is 35.5 Å². The van der Waals surface area contributed by atoms with Crippen molar-refractivity contribution < 1.29 is 4.79 Å². The number of nitrogens with one attached hydrogen (secondary N) is 1. The Morgan fingerprint density at radius 1 is 1.12 bits per heavy atom. The molecule has 1 unspecified atom stereocenters. The van der Waals surface area contributed by atoms with Gasteiger partial charge in [-0.2, -0.15) is 4.68 Å². The van der Waals surface area contributed by atoms with Crippen LogP contribution in [-0.2, 0) is 6.42 Å². The first-order valence-electron chi connectivity index (χ1n) is 10.5. The Labute approximate surface area is 186 Å². The number of amides is 1. The van der Waals surface area contributed by atoms with E-state index in [4.69, 9.17) is 0 Å². The fourth-order valence-corrected chi connectivity index (χ4v) is 3.32. The van der Waals surface area contributed by atoms with Crippen molar-refractivity contribution in [3.63, 3.8) is 0 Å². The van der Waals surface area contributed by atoms with Crippen LogP contribution in [0.3, 0.4) is 0 Å². The molecule has 0 aliphatic rings. The molecular formula is C23H24N8O. The highest BCUT2D eigenvalue weighted by Crippen LogP contribution is 2.24. The molecule has 0 aliphatic heterocycles. The van der Waals surface area contributed by atoms with Gasteiger partial charge in [0.1, 0.15) is 0 Å². The topological polar surface area (TPSA) is 111 Å². The summed E-state index contributed by atoms with van der Waals surface area (Å²) in [4.78, 5) is 26.0.